The third-order valence-corrected chi connectivity index (χ3v) is 6.05. The summed E-state index contributed by atoms with van der Waals surface area (Å²) in [6.07, 6.45) is 17.4. The molecule has 0 aliphatic heterocycles. The first-order chi connectivity index (χ1) is 14.7. The molecule has 0 radical (unpaired) electrons. The lowest BCUT2D eigenvalue weighted by molar-refractivity contribution is 0.468. The molecule has 0 spiro atoms. The molecule has 0 fully saturated rings. The molecular formula is C28H42O2. The summed E-state index contributed by atoms with van der Waals surface area (Å²) < 4.78 is 0. The van der Waals surface area contributed by atoms with Crippen LogP contribution in [0.15, 0.2) is 36.4 Å². The molecule has 0 aromatic heterocycles. The minimum absolute atomic E-state index is 0.244. The van der Waals surface area contributed by atoms with Crippen molar-refractivity contribution in [2.75, 3.05) is 0 Å². The van der Waals surface area contributed by atoms with Crippen molar-refractivity contribution in [2.45, 2.75) is 104 Å². The first-order valence-corrected chi connectivity index (χ1v) is 12.3. The highest BCUT2D eigenvalue weighted by Crippen LogP contribution is 2.37. The highest BCUT2D eigenvalue weighted by Gasteiger charge is 2.11. The van der Waals surface area contributed by atoms with Gasteiger partial charge in [0.25, 0.3) is 0 Å². The molecule has 0 bridgehead atoms. The van der Waals surface area contributed by atoms with Gasteiger partial charge in [-0.1, -0.05) is 90.2 Å². The molecule has 2 N–H and O–H groups in total. The Morgan fingerprint density at radius 3 is 1.27 bits per heavy atom. The molecule has 30 heavy (non-hydrogen) atoms. The van der Waals surface area contributed by atoms with Gasteiger partial charge in [-0.2, -0.15) is 0 Å². The second kappa shape index (κ2) is 14.1. The van der Waals surface area contributed by atoms with E-state index in [4.69, 9.17) is 0 Å². The van der Waals surface area contributed by atoms with E-state index >= 15 is 0 Å². The molecule has 2 aromatic rings. The van der Waals surface area contributed by atoms with E-state index in [1.165, 1.54) is 88.2 Å². The molecule has 0 aliphatic carbocycles. The van der Waals surface area contributed by atoms with Crippen molar-refractivity contribution in [2.24, 2.45) is 0 Å². The summed E-state index contributed by atoms with van der Waals surface area (Å²) in [5.74, 6) is 0.488. The van der Waals surface area contributed by atoms with Crippen LogP contribution in [0.1, 0.15) is 102 Å². The molecule has 0 atom stereocenters. The third-order valence-electron chi connectivity index (χ3n) is 6.05. The molecule has 2 nitrogen and oxygen atoms in total. The van der Waals surface area contributed by atoms with Gasteiger partial charge in [-0.05, 0) is 61.1 Å². The lowest BCUT2D eigenvalue weighted by atomic mass is 9.95. The van der Waals surface area contributed by atoms with Crippen molar-refractivity contribution in [1.82, 2.24) is 0 Å². The SMILES string of the molecule is CCCCCCCCc1ccc(O)c(-c2cc(CCCCCCCC)ccc2O)c1. The Bertz CT molecular complexity index is 672. The Labute approximate surface area is 184 Å². The Hall–Kier alpha value is -1.96. The van der Waals surface area contributed by atoms with Gasteiger partial charge in [0, 0.05) is 11.1 Å². The quantitative estimate of drug-likeness (QED) is 0.289. The van der Waals surface area contributed by atoms with Crippen molar-refractivity contribution in [1.29, 1.82) is 0 Å². The molecular weight excluding hydrogens is 368 g/mol. The van der Waals surface area contributed by atoms with Gasteiger partial charge in [-0.15, -0.1) is 0 Å². The standard InChI is InChI=1S/C28H42O2/c1-3-5-7-9-11-13-15-23-17-19-27(29)25(21-23)26-22-24(18-20-28(26)30)16-14-12-10-8-6-4-2/h17-22,29-30H,3-16H2,1-2H3. The lowest BCUT2D eigenvalue weighted by Gasteiger charge is -2.12. The molecule has 0 amide bonds. The fourth-order valence-electron chi connectivity index (χ4n) is 4.13. The van der Waals surface area contributed by atoms with E-state index in [0.717, 1.165) is 24.0 Å². The van der Waals surface area contributed by atoms with Crippen LogP contribution in [0.25, 0.3) is 11.1 Å². The molecule has 0 heterocycles. The average molecular weight is 411 g/mol. The Kier molecular flexibility index (Phi) is 11.4. The fraction of sp³-hybridized carbons (Fsp3) is 0.571. The molecule has 0 saturated heterocycles. The summed E-state index contributed by atoms with van der Waals surface area (Å²) in [4.78, 5) is 0. The molecule has 166 valence electrons. The predicted octanol–water partition coefficient (Wildman–Crippen LogP) is 8.57. The lowest BCUT2D eigenvalue weighted by Crippen LogP contribution is -1.91. The van der Waals surface area contributed by atoms with E-state index < -0.39 is 0 Å². The van der Waals surface area contributed by atoms with Crippen molar-refractivity contribution in [3.63, 3.8) is 0 Å². The number of rotatable bonds is 15. The Balaban J connectivity index is 1.97. The van der Waals surface area contributed by atoms with E-state index in [0.29, 0.717) is 0 Å². The van der Waals surface area contributed by atoms with E-state index in [9.17, 15) is 10.2 Å². The highest BCUT2D eigenvalue weighted by molar-refractivity contribution is 5.76. The summed E-state index contributed by atoms with van der Waals surface area (Å²) in [5.41, 5.74) is 3.97. The largest absolute Gasteiger partial charge is 0.507 e. The fourth-order valence-corrected chi connectivity index (χ4v) is 4.13. The zero-order valence-electron chi connectivity index (χ0n) is 19.3. The number of hydrogen-bond donors (Lipinski definition) is 2. The zero-order chi connectivity index (χ0) is 21.6. The summed E-state index contributed by atoms with van der Waals surface area (Å²) in [6, 6.07) is 11.7. The first-order valence-electron chi connectivity index (χ1n) is 12.3. The maximum Gasteiger partial charge on any atom is 0.123 e. The van der Waals surface area contributed by atoms with Crippen LogP contribution in [0.3, 0.4) is 0 Å². The Morgan fingerprint density at radius 1 is 0.500 bits per heavy atom. The van der Waals surface area contributed by atoms with E-state index in [2.05, 4.69) is 26.0 Å². The summed E-state index contributed by atoms with van der Waals surface area (Å²) in [5, 5.41) is 20.9. The van der Waals surface area contributed by atoms with Gasteiger partial charge in [0.05, 0.1) is 0 Å². The van der Waals surface area contributed by atoms with Gasteiger partial charge >= 0.3 is 0 Å². The number of aromatic hydroxyl groups is 2. The van der Waals surface area contributed by atoms with Gasteiger partial charge in [0.1, 0.15) is 11.5 Å². The van der Waals surface area contributed by atoms with Crippen LogP contribution in [-0.4, -0.2) is 10.2 Å². The van der Waals surface area contributed by atoms with Gasteiger partial charge in [0.15, 0.2) is 0 Å². The van der Waals surface area contributed by atoms with Crippen LogP contribution in [0.5, 0.6) is 11.5 Å². The number of aryl methyl sites for hydroxylation is 2. The maximum absolute atomic E-state index is 10.5. The molecule has 2 aromatic carbocycles. The zero-order valence-corrected chi connectivity index (χ0v) is 19.3. The monoisotopic (exact) mass is 410 g/mol. The minimum Gasteiger partial charge on any atom is -0.507 e. The summed E-state index contributed by atoms with van der Waals surface area (Å²) >= 11 is 0. The summed E-state index contributed by atoms with van der Waals surface area (Å²) in [6.45, 7) is 4.49. The number of phenols is 2. The van der Waals surface area contributed by atoms with E-state index in [-0.39, 0.29) is 11.5 Å². The average Bonchev–Trinajstić information content (AvgIpc) is 2.75. The smallest absolute Gasteiger partial charge is 0.123 e. The Morgan fingerprint density at radius 2 is 0.867 bits per heavy atom. The molecule has 2 heteroatoms. The summed E-state index contributed by atoms with van der Waals surface area (Å²) in [7, 11) is 0. The molecule has 0 saturated carbocycles. The van der Waals surface area contributed by atoms with Crippen molar-refractivity contribution in [3.05, 3.63) is 47.5 Å². The number of phenolic OH excluding ortho intramolecular Hbond substituents is 2. The number of unbranched alkanes of at least 4 members (excludes halogenated alkanes) is 10. The van der Waals surface area contributed by atoms with Crippen LogP contribution in [-0.2, 0) is 12.8 Å². The maximum atomic E-state index is 10.5. The predicted molar refractivity (Wildman–Crippen MR) is 129 cm³/mol. The van der Waals surface area contributed by atoms with E-state index in [1.54, 1.807) is 12.1 Å². The topological polar surface area (TPSA) is 40.5 Å². The van der Waals surface area contributed by atoms with Crippen molar-refractivity contribution >= 4 is 0 Å². The van der Waals surface area contributed by atoms with Crippen LogP contribution in [0, 0.1) is 0 Å². The van der Waals surface area contributed by atoms with Gasteiger partial charge < -0.3 is 10.2 Å². The highest BCUT2D eigenvalue weighted by atomic mass is 16.3. The molecule has 2 rings (SSSR count). The first kappa shape index (κ1) is 24.3. The van der Waals surface area contributed by atoms with Crippen molar-refractivity contribution < 1.29 is 10.2 Å². The van der Waals surface area contributed by atoms with E-state index in [1.807, 2.05) is 12.1 Å². The van der Waals surface area contributed by atoms with Crippen molar-refractivity contribution in [3.8, 4) is 22.6 Å². The van der Waals surface area contributed by atoms with Crippen LogP contribution in [0.4, 0.5) is 0 Å². The molecule has 0 aliphatic rings. The van der Waals surface area contributed by atoms with Crippen LogP contribution in [0.2, 0.25) is 0 Å². The number of benzene rings is 2. The normalized spacial score (nSPS) is 11.1. The number of hydrogen-bond acceptors (Lipinski definition) is 2. The van der Waals surface area contributed by atoms with Gasteiger partial charge in [-0.25, -0.2) is 0 Å². The van der Waals surface area contributed by atoms with Gasteiger partial charge in [-0.3, -0.25) is 0 Å². The van der Waals surface area contributed by atoms with Crippen LogP contribution < -0.4 is 0 Å². The molecule has 0 unspecified atom stereocenters. The second-order valence-corrected chi connectivity index (χ2v) is 8.74. The minimum atomic E-state index is 0.244. The van der Waals surface area contributed by atoms with Crippen LogP contribution >= 0.6 is 0 Å². The second-order valence-electron chi connectivity index (χ2n) is 8.74. The third kappa shape index (κ3) is 8.42. The van der Waals surface area contributed by atoms with Gasteiger partial charge in [0.2, 0.25) is 0 Å².